The van der Waals surface area contributed by atoms with Crippen molar-refractivity contribution in [1.29, 1.82) is 0 Å². The number of aromatic nitrogens is 2. The summed E-state index contributed by atoms with van der Waals surface area (Å²) in [5.74, 6) is 0. The van der Waals surface area contributed by atoms with E-state index in [1.54, 1.807) is 0 Å². The van der Waals surface area contributed by atoms with Crippen LogP contribution in [0.5, 0.6) is 0 Å². The van der Waals surface area contributed by atoms with Crippen molar-refractivity contribution in [2.24, 2.45) is 7.05 Å². The first-order valence-electron chi connectivity index (χ1n) is 5.50. The Hall–Kier alpha value is -1.32. The highest BCUT2D eigenvalue weighted by molar-refractivity contribution is 5.85. The third-order valence-corrected chi connectivity index (χ3v) is 2.58. The van der Waals surface area contributed by atoms with Gasteiger partial charge in [0.1, 0.15) is 0 Å². The van der Waals surface area contributed by atoms with Crippen LogP contribution in [0.25, 0.3) is 0 Å². The molecular formula is C13H18ClN3. The number of hydrogen-bond donors (Lipinski definition) is 1. The molecule has 92 valence electrons. The highest BCUT2D eigenvalue weighted by atomic mass is 35.5. The molecule has 0 radical (unpaired) electrons. The van der Waals surface area contributed by atoms with Gasteiger partial charge in [0.2, 0.25) is 0 Å². The topological polar surface area (TPSA) is 29.9 Å². The molecule has 0 saturated carbocycles. The molecule has 0 spiro atoms. The highest BCUT2D eigenvalue weighted by Crippen LogP contribution is 2.02. The average molecular weight is 252 g/mol. The Balaban J connectivity index is 0.00000144. The first-order chi connectivity index (χ1) is 7.75. The molecule has 0 fully saturated rings. The molecule has 0 amide bonds. The molecule has 2 aromatic rings. The highest BCUT2D eigenvalue weighted by Gasteiger charge is 2.00. The molecule has 4 heteroatoms. The monoisotopic (exact) mass is 251 g/mol. The van der Waals surface area contributed by atoms with Gasteiger partial charge < -0.3 is 5.32 Å². The van der Waals surface area contributed by atoms with E-state index in [0.29, 0.717) is 0 Å². The molecule has 0 aliphatic rings. The summed E-state index contributed by atoms with van der Waals surface area (Å²) in [5.41, 5.74) is 3.59. The van der Waals surface area contributed by atoms with E-state index in [2.05, 4.69) is 40.7 Å². The molecule has 1 N–H and O–H groups in total. The lowest BCUT2D eigenvalue weighted by Gasteiger charge is -2.04. The normalized spacial score (nSPS) is 10.0. The maximum atomic E-state index is 4.31. The molecule has 0 unspecified atom stereocenters. The van der Waals surface area contributed by atoms with E-state index in [4.69, 9.17) is 0 Å². The Morgan fingerprint density at radius 1 is 1.18 bits per heavy atom. The van der Waals surface area contributed by atoms with Crippen LogP contribution in [0.3, 0.4) is 0 Å². The first kappa shape index (κ1) is 13.7. The van der Waals surface area contributed by atoms with Gasteiger partial charge in [0.15, 0.2) is 0 Å². The Kier molecular flexibility index (Phi) is 5.19. The maximum Gasteiger partial charge on any atom is 0.0597 e. The molecule has 17 heavy (non-hydrogen) atoms. The predicted octanol–water partition coefficient (Wildman–Crippen LogP) is 2.44. The largest absolute Gasteiger partial charge is 0.307 e. The summed E-state index contributed by atoms with van der Waals surface area (Å²) < 4.78 is 1.92. The van der Waals surface area contributed by atoms with Gasteiger partial charge in [-0.05, 0) is 18.6 Å². The standard InChI is InChI=1S/C13H17N3.ClH/c1-11-8-13(16(2)15-11)10-14-9-12-6-4-3-5-7-12;/h3-8,14H,9-10H2,1-2H3;1H. The van der Waals surface area contributed by atoms with Crippen LogP contribution in [-0.4, -0.2) is 9.78 Å². The van der Waals surface area contributed by atoms with Crippen LogP contribution >= 0.6 is 12.4 Å². The lowest BCUT2D eigenvalue weighted by atomic mass is 10.2. The third kappa shape index (κ3) is 3.88. The van der Waals surface area contributed by atoms with E-state index in [1.807, 2.05) is 24.7 Å². The van der Waals surface area contributed by atoms with Gasteiger partial charge in [-0.25, -0.2) is 0 Å². The van der Waals surface area contributed by atoms with Crippen molar-refractivity contribution in [1.82, 2.24) is 15.1 Å². The van der Waals surface area contributed by atoms with E-state index in [9.17, 15) is 0 Å². The summed E-state index contributed by atoms with van der Waals surface area (Å²) in [7, 11) is 1.98. The van der Waals surface area contributed by atoms with Gasteiger partial charge in [0, 0.05) is 20.1 Å². The fourth-order valence-electron chi connectivity index (χ4n) is 1.76. The van der Waals surface area contributed by atoms with Gasteiger partial charge in [-0.1, -0.05) is 30.3 Å². The van der Waals surface area contributed by atoms with Crippen molar-refractivity contribution in [3.8, 4) is 0 Å². The molecule has 0 aliphatic carbocycles. The van der Waals surface area contributed by atoms with Crippen LogP contribution in [-0.2, 0) is 20.1 Å². The fraction of sp³-hybridized carbons (Fsp3) is 0.308. The maximum absolute atomic E-state index is 4.31. The Bertz CT molecular complexity index is 451. The van der Waals surface area contributed by atoms with Gasteiger partial charge in [-0.2, -0.15) is 5.10 Å². The number of benzene rings is 1. The zero-order valence-corrected chi connectivity index (χ0v) is 11.0. The van der Waals surface area contributed by atoms with Crippen LogP contribution in [0.15, 0.2) is 36.4 Å². The Morgan fingerprint density at radius 2 is 1.88 bits per heavy atom. The smallest absolute Gasteiger partial charge is 0.0597 e. The van der Waals surface area contributed by atoms with Gasteiger partial charge in [0.05, 0.1) is 11.4 Å². The lowest BCUT2D eigenvalue weighted by molar-refractivity contribution is 0.624. The fourth-order valence-corrected chi connectivity index (χ4v) is 1.76. The minimum absolute atomic E-state index is 0. The molecule has 0 atom stereocenters. The van der Waals surface area contributed by atoms with E-state index >= 15 is 0 Å². The first-order valence-corrected chi connectivity index (χ1v) is 5.50. The quantitative estimate of drug-likeness (QED) is 0.905. The molecule has 1 aromatic heterocycles. The van der Waals surface area contributed by atoms with Crippen LogP contribution < -0.4 is 5.32 Å². The zero-order valence-electron chi connectivity index (χ0n) is 10.2. The number of aryl methyl sites for hydroxylation is 2. The summed E-state index contributed by atoms with van der Waals surface area (Å²) in [5, 5.41) is 7.72. The SMILES string of the molecule is Cc1cc(CNCc2ccccc2)n(C)n1.Cl. The van der Waals surface area contributed by atoms with Crippen LogP contribution in [0.4, 0.5) is 0 Å². The van der Waals surface area contributed by atoms with Crippen molar-refractivity contribution in [3.63, 3.8) is 0 Å². The van der Waals surface area contributed by atoms with E-state index in [0.717, 1.165) is 18.8 Å². The van der Waals surface area contributed by atoms with Crippen LogP contribution in [0.1, 0.15) is 17.0 Å². The molecule has 1 heterocycles. The average Bonchev–Trinajstić information content (AvgIpc) is 2.59. The molecule has 0 saturated heterocycles. The molecule has 2 rings (SSSR count). The van der Waals surface area contributed by atoms with Crippen molar-refractivity contribution in [3.05, 3.63) is 53.3 Å². The molecule has 0 bridgehead atoms. The second kappa shape index (κ2) is 6.42. The van der Waals surface area contributed by atoms with Gasteiger partial charge in [0.25, 0.3) is 0 Å². The van der Waals surface area contributed by atoms with Gasteiger partial charge in [-0.15, -0.1) is 12.4 Å². The van der Waals surface area contributed by atoms with E-state index < -0.39 is 0 Å². The van der Waals surface area contributed by atoms with E-state index in [-0.39, 0.29) is 12.4 Å². The summed E-state index contributed by atoms with van der Waals surface area (Å²) in [6.45, 7) is 3.76. The minimum Gasteiger partial charge on any atom is -0.307 e. The van der Waals surface area contributed by atoms with Crippen LogP contribution in [0.2, 0.25) is 0 Å². The Morgan fingerprint density at radius 3 is 2.47 bits per heavy atom. The molecule has 0 aliphatic heterocycles. The lowest BCUT2D eigenvalue weighted by Crippen LogP contribution is -2.15. The second-order valence-electron chi connectivity index (χ2n) is 3.99. The van der Waals surface area contributed by atoms with Crippen molar-refractivity contribution in [2.75, 3.05) is 0 Å². The summed E-state index contributed by atoms with van der Waals surface area (Å²) >= 11 is 0. The number of halogens is 1. The second-order valence-corrected chi connectivity index (χ2v) is 3.99. The summed E-state index contributed by atoms with van der Waals surface area (Å²) in [6, 6.07) is 12.5. The molecular weight excluding hydrogens is 234 g/mol. The molecule has 3 nitrogen and oxygen atoms in total. The molecule has 1 aromatic carbocycles. The number of nitrogens with one attached hydrogen (secondary N) is 1. The van der Waals surface area contributed by atoms with Crippen molar-refractivity contribution in [2.45, 2.75) is 20.0 Å². The van der Waals surface area contributed by atoms with Crippen molar-refractivity contribution >= 4 is 12.4 Å². The van der Waals surface area contributed by atoms with Crippen LogP contribution in [0, 0.1) is 6.92 Å². The predicted molar refractivity (Wildman–Crippen MR) is 72.2 cm³/mol. The third-order valence-electron chi connectivity index (χ3n) is 2.58. The zero-order chi connectivity index (χ0) is 11.4. The number of hydrogen-bond acceptors (Lipinski definition) is 2. The number of nitrogens with zero attached hydrogens (tertiary/aromatic N) is 2. The minimum atomic E-state index is 0. The Labute approximate surface area is 108 Å². The van der Waals surface area contributed by atoms with Gasteiger partial charge >= 0.3 is 0 Å². The van der Waals surface area contributed by atoms with Crippen molar-refractivity contribution < 1.29 is 0 Å². The van der Waals surface area contributed by atoms with Gasteiger partial charge in [-0.3, -0.25) is 4.68 Å². The number of rotatable bonds is 4. The van der Waals surface area contributed by atoms with E-state index in [1.165, 1.54) is 11.3 Å². The summed E-state index contributed by atoms with van der Waals surface area (Å²) in [4.78, 5) is 0. The summed E-state index contributed by atoms with van der Waals surface area (Å²) in [6.07, 6.45) is 0.